The molecule has 0 spiro atoms. The molecule has 1 amide bonds. The molecule has 35 heavy (non-hydrogen) atoms. The highest BCUT2D eigenvalue weighted by molar-refractivity contribution is 5.81. The lowest BCUT2D eigenvalue weighted by atomic mass is 9.73. The van der Waals surface area contributed by atoms with Crippen molar-refractivity contribution in [1.82, 2.24) is 25.5 Å². The van der Waals surface area contributed by atoms with Crippen molar-refractivity contribution in [1.29, 1.82) is 0 Å². The van der Waals surface area contributed by atoms with Gasteiger partial charge in [0.05, 0.1) is 5.41 Å². The maximum atomic E-state index is 13.1. The Hall–Kier alpha value is -3.55. The number of benzene rings is 2. The van der Waals surface area contributed by atoms with Gasteiger partial charge < -0.3 is 10.0 Å². The Balaban J connectivity index is 1.56. The average Bonchev–Trinajstić information content (AvgIpc) is 3.43. The molecule has 8 nitrogen and oxygen atoms in total. The van der Waals surface area contributed by atoms with Gasteiger partial charge >= 0.3 is 5.97 Å². The molecule has 184 valence electrons. The maximum Gasteiger partial charge on any atom is 0.311 e. The summed E-state index contributed by atoms with van der Waals surface area (Å²) >= 11 is 0. The molecule has 0 bridgehead atoms. The highest BCUT2D eigenvalue weighted by Gasteiger charge is 2.42. The molecular formula is C27H33N5O3. The molecule has 1 heterocycles. The van der Waals surface area contributed by atoms with Crippen molar-refractivity contribution in [2.75, 3.05) is 6.54 Å². The van der Waals surface area contributed by atoms with Gasteiger partial charge in [0.25, 0.3) is 0 Å². The summed E-state index contributed by atoms with van der Waals surface area (Å²) in [5.41, 5.74) is 3.06. The number of hydrogen-bond donors (Lipinski definition) is 2. The summed E-state index contributed by atoms with van der Waals surface area (Å²) in [5, 5.41) is 24.3. The van der Waals surface area contributed by atoms with Gasteiger partial charge in [0.1, 0.15) is 0 Å². The molecule has 1 aliphatic carbocycles. The van der Waals surface area contributed by atoms with Crippen molar-refractivity contribution in [2.24, 2.45) is 5.41 Å². The fraction of sp³-hybridized carbons (Fsp3) is 0.444. The van der Waals surface area contributed by atoms with Crippen molar-refractivity contribution in [3.63, 3.8) is 0 Å². The molecule has 0 saturated heterocycles. The van der Waals surface area contributed by atoms with Crippen LogP contribution in [0.2, 0.25) is 0 Å². The Kier molecular flexibility index (Phi) is 7.90. The summed E-state index contributed by atoms with van der Waals surface area (Å²) < 4.78 is 0. The molecule has 0 radical (unpaired) electrons. The van der Waals surface area contributed by atoms with E-state index in [-0.39, 0.29) is 12.5 Å². The van der Waals surface area contributed by atoms with Gasteiger partial charge in [0.15, 0.2) is 5.82 Å². The maximum absolute atomic E-state index is 13.1. The number of aliphatic carboxylic acids is 1. The minimum absolute atomic E-state index is 0.0327. The number of carboxylic acid groups (broad SMARTS) is 1. The largest absolute Gasteiger partial charge is 0.481 e. The molecule has 3 aromatic rings. The van der Waals surface area contributed by atoms with E-state index in [0.717, 1.165) is 54.4 Å². The first kappa shape index (κ1) is 24.6. The third-order valence-corrected chi connectivity index (χ3v) is 7.02. The zero-order valence-electron chi connectivity index (χ0n) is 20.2. The minimum Gasteiger partial charge on any atom is -0.481 e. The summed E-state index contributed by atoms with van der Waals surface area (Å²) in [7, 11) is 0. The van der Waals surface area contributed by atoms with Crippen molar-refractivity contribution in [2.45, 2.75) is 64.8 Å². The summed E-state index contributed by atoms with van der Waals surface area (Å²) in [4.78, 5) is 27.2. The van der Waals surface area contributed by atoms with E-state index in [0.29, 0.717) is 31.6 Å². The number of aromatic amines is 1. The Labute approximate surface area is 205 Å². The van der Waals surface area contributed by atoms with Crippen molar-refractivity contribution in [3.05, 3.63) is 54.1 Å². The van der Waals surface area contributed by atoms with Crippen LogP contribution in [0.1, 0.15) is 63.9 Å². The lowest BCUT2D eigenvalue weighted by Crippen LogP contribution is -2.46. The Morgan fingerprint density at radius 1 is 1.03 bits per heavy atom. The number of carbonyl (C=O) groups is 2. The number of tetrazole rings is 1. The van der Waals surface area contributed by atoms with E-state index < -0.39 is 11.4 Å². The molecule has 0 atom stereocenters. The molecule has 2 aromatic carbocycles. The van der Waals surface area contributed by atoms with Crippen LogP contribution in [0.4, 0.5) is 0 Å². The van der Waals surface area contributed by atoms with Crippen molar-refractivity contribution in [3.8, 4) is 22.5 Å². The fourth-order valence-corrected chi connectivity index (χ4v) is 4.98. The molecule has 1 aliphatic rings. The van der Waals surface area contributed by atoms with Gasteiger partial charge in [-0.1, -0.05) is 81.1 Å². The van der Waals surface area contributed by atoms with Crippen molar-refractivity contribution < 1.29 is 14.7 Å². The average molecular weight is 476 g/mol. The Bertz CT molecular complexity index is 1120. The van der Waals surface area contributed by atoms with Crippen LogP contribution < -0.4 is 0 Å². The molecular weight excluding hydrogens is 442 g/mol. The van der Waals surface area contributed by atoms with E-state index in [1.807, 2.05) is 48.5 Å². The first-order chi connectivity index (χ1) is 17.0. The quantitative estimate of drug-likeness (QED) is 0.422. The number of nitrogens with zero attached hydrogens (tertiary/aromatic N) is 4. The molecule has 1 fully saturated rings. The van der Waals surface area contributed by atoms with Gasteiger partial charge in [-0.2, -0.15) is 0 Å². The van der Waals surface area contributed by atoms with Crippen LogP contribution in [-0.4, -0.2) is 49.1 Å². The highest BCUT2D eigenvalue weighted by Crippen LogP contribution is 2.38. The van der Waals surface area contributed by atoms with Crippen LogP contribution in [0.5, 0.6) is 0 Å². The standard InChI is InChI=1S/C27H33N5O3/c1-2-3-11-24(33)32(19-27(26(34)35)16-7-4-8-17-27)18-20-12-14-21(15-13-20)22-9-5-6-10-23(22)25-28-30-31-29-25/h5-6,9-10,12-15H,2-4,7-8,11,16-19H2,1H3,(H,34,35)(H,28,29,30,31). The Morgan fingerprint density at radius 3 is 2.37 bits per heavy atom. The zero-order valence-corrected chi connectivity index (χ0v) is 20.2. The normalized spacial score (nSPS) is 15.0. The second-order valence-corrected chi connectivity index (χ2v) is 9.49. The van der Waals surface area contributed by atoms with Crippen LogP contribution in [-0.2, 0) is 16.1 Å². The zero-order chi connectivity index (χ0) is 24.7. The number of unbranched alkanes of at least 4 members (excludes halogenated alkanes) is 1. The van der Waals surface area contributed by atoms with Crippen LogP contribution in [0.25, 0.3) is 22.5 Å². The topological polar surface area (TPSA) is 112 Å². The van der Waals surface area contributed by atoms with E-state index in [1.54, 1.807) is 4.90 Å². The number of hydrogen-bond acceptors (Lipinski definition) is 5. The van der Waals surface area contributed by atoms with E-state index in [2.05, 4.69) is 27.5 Å². The summed E-state index contributed by atoms with van der Waals surface area (Å²) in [6.07, 6.45) is 6.31. The van der Waals surface area contributed by atoms with E-state index >= 15 is 0 Å². The molecule has 8 heteroatoms. The van der Waals surface area contributed by atoms with Gasteiger partial charge in [0.2, 0.25) is 5.91 Å². The number of carbonyl (C=O) groups excluding carboxylic acids is 1. The van der Waals surface area contributed by atoms with Gasteiger partial charge in [-0.15, -0.1) is 5.10 Å². The van der Waals surface area contributed by atoms with Crippen molar-refractivity contribution >= 4 is 11.9 Å². The SMILES string of the molecule is CCCCC(=O)N(Cc1ccc(-c2ccccc2-c2nnn[nH]2)cc1)CC1(C(=O)O)CCCCC1. The lowest BCUT2D eigenvalue weighted by molar-refractivity contribution is -0.154. The Morgan fingerprint density at radius 2 is 1.74 bits per heavy atom. The van der Waals surface area contributed by atoms with Gasteiger partial charge in [-0.25, -0.2) is 5.10 Å². The summed E-state index contributed by atoms with van der Waals surface area (Å²) in [6.45, 7) is 2.74. The molecule has 1 aromatic heterocycles. The monoisotopic (exact) mass is 475 g/mol. The van der Waals surface area contributed by atoms with E-state index in [4.69, 9.17) is 0 Å². The molecule has 2 N–H and O–H groups in total. The van der Waals surface area contributed by atoms with Crippen LogP contribution in [0.15, 0.2) is 48.5 Å². The minimum atomic E-state index is -0.843. The fourth-order valence-electron chi connectivity index (χ4n) is 4.98. The van der Waals surface area contributed by atoms with E-state index in [9.17, 15) is 14.7 Å². The third-order valence-electron chi connectivity index (χ3n) is 7.02. The van der Waals surface area contributed by atoms with Gasteiger partial charge in [0, 0.05) is 25.1 Å². The highest BCUT2D eigenvalue weighted by atomic mass is 16.4. The molecule has 4 rings (SSSR count). The number of rotatable bonds is 10. The number of H-pyrrole nitrogens is 1. The predicted octanol–water partition coefficient (Wildman–Crippen LogP) is 5.09. The molecule has 1 saturated carbocycles. The van der Waals surface area contributed by atoms with Gasteiger partial charge in [-0.05, 0) is 46.4 Å². The van der Waals surface area contributed by atoms with E-state index in [1.165, 1.54) is 0 Å². The van der Waals surface area contributed by atoms with Crippen LogP contribution in [0.3, 0.4) is 0 Å². The first-order valence-electron chi connectivity index (χ1n) is 12.5. The second-order valence-electron chi connectivity index (χ2n) is 9.49. The van der Waals surface area contributed by atoms with Crippen LogP contribution >= 0.6 is 0 Å². The molecule has 0 unspecified atom stereocenters. The number of aromatic nitrogens is 4. The number of carboxylic acids is 1. The lowest BCUT2D eigenvalue weighted by Gasteiger charge is -2.38. The summed E-state index contributed by atoms with van der Waals surface area (Å²) in [6, 6.07) is 16.0. The second kappa shape index (κ2) is 11.3. The predicted molar refractivity (Wildman–Crippen MR) is 133 cm³/mol. The number of nitrogens with one attached hydrogen (secondary N) is 1. The smallest absolute Gasteiger partial charge is 0.311 e. The summed E-state index contributed by atoms with van der Waals surface area (Å²) in [5.74, 6) is -0.145. The number of amides is 1. The van der Waals surface area contributed by atoms with Crippen LogP contribution in [0, 0.1) is 5.41 Å². The molecule has 0 aliphatic heterocycles. The first-order valence-corrected chi connectivity index (χ1v) is 12.5. The van der Waals surface area contributed by atoms with Gasteiger partial charge in [-0.3, -0.25) is 9.59 Å². The third kappa shape index (κ3) is 5.75.